The number of ether oxygens (including phenoxy) is 1. The smallest absolute Gasteiger partial charge is 0.306 e. The quantitative estimate of drug-likeness (QED) is 0.0251. The molecule has 3 unspecified atom stereocenters. The van der Waals surface area contributed by atoms with Crippen molar-refractivity contribution in [3.8, 4) is 0 Å². The van der Waals surface area contributed by atoms with Crippen molar-refractivity contribution >= 4 is 11.9 Å². The highest BCUT2D eigenvalue weighted by Crippen LogP contribution is 2.17. The van der Waals surface area contributed by atoms with Crippen molar-refractivity contribution in [3.63, 3.8) is 0 Å². The van der Waals surface area contributed by atoms with Gasteiger partial charge in [-0.3, -0.25) is 9.59 Å². The van der Waals surface area contributed by atoms with Gasteiger partial charge in [-0.05, 0) is 77.0 Å². The van der Waals surface area contributed by atoms with Gasteiger partial charge in [0.1, 0.15) is 6.10 Å². The molecule has 0 spiro atoms. The van der Waals surface area contributed by atoms with Crippen LogP contribution in [0.25, 0.3) is 0 Å². The van der Waals surface area contributed by atoms with Crippen molar-refractivity contribution in [2.75, 3.05) is 6.61 Å². The fraction of sp³-hybridized carbons (Fsp3) is 0.830. The summed E-state index contributed by atoms with van der Waals surface area (Å²) in [6, 6.07) is -0.705. The van der Waals surface area contributed by atoms with Gasteiger partial charge in [0, 0.05) is 6.42 Å². The predicted octanol–water partition coefficient (Wildman–Crippen LogP) is 12.9. The van der Waals surface area contributed by atoms with E-state index in [0.717, 1.165) is 83.5 Å². The lowest BCUT2D eigenvalue weighted by atomic mass is 10.0. The minimum atomic E-state index is -0.790. The zero-order chi connectivity index (χ0) is 38.9. The molecule has 1 amide bonds. The fourth-order valence-electron chi connectivity index (χ4n) is 6.71. The summed E-state index contributed by atoms with van der Waals surface area (Å²) in [5.74, 6) is -0.505. The van der Waals surface area contributed by atoms with Crippen LogP contribution in [0.3, 0.4) is 0 Å². The maximum absolute atomic E-state index is 13.1. The van der Waals surface area contributed by atoms with Gasteiger partial charge in [-0.2, -0.15) is 0 Å². The van der Waals surface area contributed by atoms with E-state index >= 15 is 0 Å². The van der Waals surface area contributed by atoms with Gasteiger partial charge in [0.25, 0.3) is 0 Å². The van der Waals surface area contributed by atoms with E-state index in [2.05, 4.69) is 62.5 Å². The van der Waals surface area contributed by atoms with Crippen LogP contribution in [-0.4, -0.2) is 46.9 Å². The average molecular weight is 746 g/mol. The highest BCUT2D eigenvalue weighted by atomic mass is 16.5. The molecule has 6 heteroatoms. The van der Waals surface area contributed by atoms with E-state index in [1.807, 2.05) is 0 Å². The Morgan fingerprint density at radius 3 is 1.49 bits per heavy atom. The number of carbonyl (C=O) groups is 2. The summed E-state index contributed by atoms with van der Waals surface area (Å²) in [7, 11) is 0. The minimum absolute atomic E-state index is 0.0618. The molecule has 0 aromatic carbocycles. The average Bonchev–Trinajstić information content (AvgIpc) is 3.15. The van der Waals surface area contributed by atoms with Gasteiger partial charge < -0.3 is 20.3 Å². The number of amides is 1. The number of hydrogen-bond acceptors (Lipinski definition) is 5. The summed E-state index contributed by atoms with van der Waals surface area (Å²) in [6.07, 6.45) is 46.3. The monoisotopic (exact) mass is 746 g/mol. The second-order valence-electron chi connectivity index (χ2n) is 15.5. The number of aliphatic hydroxyl groups excluding tert-OH is 2. The Bertz CT molecular complexity index is 884. The third-order valence-electron chi connectivity index (χ3n) is 10.2. The molecule has 0 rings (SSSR count). The summed E-state index contributed by atoms with van der Waals surface area (Å²) >= 11 is 0. The molecule has 0 saturated heterocycles. The summed E-state index contributed by atoms with van der Waals surface area (Å²) in [4.78, 5) is 25.9. The van der Waals surface area contributed by atoms with Crippen LogP contribution in [0.5, 0.6) is 0 Å². The molecule has 0 aromatic heterocycles. The van der Waals surface area contributed by atoms with Crippen LogP contribution >= 0.6 is 0 Å². The Morgan fingerprint density at radius 2 is 0.962 bits per heavy atom. The standard InChI is InChI=1S/C47H87NO5/c1-4-7-10-13-16-19-21-23-24-27-29-32-35-38-43(53-47(52)40-37-34-31-28-25-22-20-17-14-11-8-5-2)41-46(51)48-44(42-49)45(50)39-36-33-30-26-18-15-12-9-6-3/h16-17,19-21,23,43-45,49-50H,4-15,18,22,24-42H2,1-3H3,(H,48,51)/b19-16+,20-17-,23-21+. The van der Waals surface area contributed by atoms with E-state index in [1.54, 1.807) is 0 Å². The van der Waals surface area contributed by atoms with Crippen molar-refractivity contribution in [3.05, 3.63) is 36.5 Å². The molecule has 0 fully saturated rings. The molecule has 0 saturated carbocycles. The molecule has 0 aliphatic carbocycles. The van der Waals surface area contributed by atoms with Crippen LogP contribution in [0.1, 0.15) is 226 Å². The first-order valence-corrected chi connectivity index (χ1v) is 22.7. The van der Waals surface area contributed by atoms with Gasteiger partial charge >= 0.3 is 5.97 Å². The van der Waals surface area contributed by atoms with E-state index in [1.165, 1.54) is 96.3 Å². The van der Waals surface area contributed by atoms with E-state index < -0.39 is 18.2 Å². The van der Waals surface area contributed by atoms with Crippen molar-refractivity contribution in [1.29, 1.82) is 0 Å². The van der Waals surface area contributed by atoms with Gasteiger partial charge in [0.05, 0.1) is 25.2 Å². The summed E-state index contributed by atoms with van der Waals surface area (Å²) in [5, 5.41) is 23.6. The first kappa shape index (κ1) is 51.1. The molecule has 3 N–H and O–H groups in total. The third-order valence-corrected chi connectivity index (χ3v) is 10.2. The molecule has 0 bridgehead atoms. The maximum Gasteiger partial charge on any atom is 0.306 e. The maximum atomic E-state index is 13.1. The van der Waals surface area contributed by atoms with Crippen LogP contribution in [-0.2, 0) is 14.3 Å². The lowest BCUT2D eigenvalue weighted by Crippen LogP contribution is -2.46. The van der Waals surface area contributed by atoms with Gasteiger partial charge in [-0.1, -0.05) is 173 Å². The van der Waals surface area contributed by atoms with Crippen LogP contribution < -0.4 is 5.32 Å². The molecular weight excluding hydrogens is 659 g/mol. The van der Waals surface area contributed by atoms with E-state index in [9.17, 15) is 19.8 Å². The summed E-state index contributed by atoms with van der Waals surface area (Å²) in [5.41, 5.74) is 0. The Labute approximate surface area is 328 Å². The first-order valence-electron chi connectivity index (χ1n) is 22.7. The van der Waals surface area contributed by atoms with Gasteiger partial charge in [-0.15, -0.1) is 0 Å². The number of hydrogen-bond donors (Lipinski definition) is 3. The molecule has 0 aromatic rings. The molecule has 0 heterocycles. The Morgan fingerprint density at radius 1 is 0.547 bits per heavy atom. The fourth-order valence-corrected chi connectivity index (χ4v) is 6.71. The zero-order valence-corrected chi connectivity index (χ0v) is 35.1. The van der Waals surface area contributed by atoms with Crippen LogP contribution in [0.4, 0.5) is 0 Å². The van der Waals surface area contributed by atoms with Crippen LogP contribution in [0.15, 0.2) is 36.5 Å². The molecule has 0 aliphatic heterocycles. The number of nitrogens with one attached hydrogen (secondary N) is 1. The molecule has 0 radical (unpaired) electrons. The molecular formula is C47H87NO5. The molecule has 3 atom stereocenters. The minimum Gasteiger partial charge on any atom is -0.462 e. The van der Waals surface area contributed by atoms with Crippen molar-refractivity contribution in [2.24, 2.45) is 0 Å². The van der Waals surface area contributed by atoms with E-state index in [4.69, 9.17) is 4.74 Å². The highest BCUT2D eigenvalue weighted by molar-refractivity contribution is 5.77. The lowest BCUT2D eigenvalue weighted by Gasteiger charge is -2.24. The summed E-state index contributed by atoms with van der Waals surface area (Å²) < 4.78 is 5.88. The normalized spacial score (nSPS) is 13.7. The second kappa shape index (κ2) is 41.2. The molecule has 0 aliphatic rings. The number of rotatable bonds is 40. The second-order valence-corrected chi connectivity index (χ2v) is 15.5. The number of carbonyl (C=O) groups excluding carboxylic acids is 2. The number of aliphatic hydroxyl groups is 2. The Hall–Kier alpha value is -1.92. The van der Waals surface area contributed by atoms with E-state index in [0.29, 0.717) is 19.3 Å². The topological polar surface area (TPSA) is 95.9 Å². The SMILES string of the molecule is CCCCC/C=C\CCCCCCCC(=O)OC(CCCCCC/C=C/C=C/CCCCC)CC(=O)NC(CO)C(O)CCCCCCCCCCC. The predicted molar refractivity (Wildman–Crippen MR) is 227 cm³/mol. The molecule has 53 heavy (non-hydrogen) atoms. The van der Waals surface area contributed by atoms with Gasteiger partial charge in [0.15, 0.2) is 0 Å². The Balaban J connectivity index is 4.66. The van der Waals surface area contributed by atoms with Crippen molar-refractivity contribution in [1.82, 2.24) is 5.32 Å². The van der Waals surface area contributed by atoms with Crippen molar-refractivity contribution in [2.45, 2.75) is 244 Å². The largest absolute Gasteiger partial charge is 0.462 e. The van der Waals surface area contributed by atoms with Crippen LogP contribution in [0.2, 0.25) is 0 Å². The van der Waals surface area contributed by atoms with Crippen LogP contribution in [0, 0.1) is 0 Å². The number of unbranched alkanes of at least 4 members (excludes halogenated alkanes) is 23. The third kappa shape index (κ3) is 36.8. The van der Waals surface area contributed by atoms with Gasteiger partial charge in [0.2, 0.25) is 5.91 Å². The zero-order valence-electron chi connectivity index (χ0n) is 35.1. The first-order chi connectivity index (χ1) is 26.0. The summed E-state index contributed by atoms with van der Waals surface area (Å²) in [6.45, 7) is 6.39. The number of allylic oxidation sites excluding steroid dienone is 6. The van der Waals surface area contributed by atoms with Crippen molar-refractivity contribution < 1.29 is 24.5 Å². The lowest BCUT2D eigenvalue weighted by molar-refractivity contribution is -0.151. The Kier molecular flexibility index (Phi) is 39.8. The highest BCUT2D eigenvalue weighted by Gasteiger charge is 2.24. The van der Waals surface area contributed by atoms with Gasteiger partial charge in [-0.25, -0.2) is 0 Å². The van der Waals surface area contributed by atoms with E-state index in [-0.39, 0.29) is 24.9 Å². The molecule has 310 valence electrons. The molecule has 6 nitrogen and oxygen atoms in total. The number of esters is 1.